The molecule has 3 rings (SSSR count). The minimum Gasteiger partial charge on any atom is -0.352 e. The SMILES string of the molecule is O=C(NCCCN1C(=O)NC2(CCCC2)C1=O)c1ccc[nH]c1=O. The Balaban J connectivity index is 1.49. The number of amides is 4. The van der Waals surface area contributed by atoms with Crippen LogP contribution in [-0.2, 0) is 4.79 Å². The van der Waals surface area contributed by atoms with E-state index in [1.807, 2.05) is 0 Å². The summed E-state index contributed by atoms with van der Waals surface area (Å²) in [4.78, 5) is 51.5. The summed E-state index contributed by atoms with van der Waals surface area (Å²) in [6, 6.07) is 2.66. The highest BCUT2D eigenvalue weighted by Gasteiger charge is 2.51. The van der Waals surface area contributed by atoms with E-state index in [1.54, 1.807) is 6.07 Å². The van der Waals surface area contributed by atoms with E-state index in [1.165, 1.54) is 17.2 Å². The molecule has 1 saturated heterocycles. The van der Waals surface area contributed by atoms with Gasteiger partial charge in [-0.2, -0.15) is 0 Å². The maximum atomic E-state index is 12.4. The second-order valence-electron chi connectivity index (χ2n) is 6.20. The molecule has 1 aliphatic carbocycles. The van der Waals surface area contributed by atoms with E-state index >= 15 is 0 Å². The molecule has 0 unspecified atom stereocenters. The highest BCUT2D eigenvalue weighted by Crippen LogP contribution is 2.34. The first-order valence-electron chi connectivity index (χ1n) is 8.13. The highest BCUT2D eigenvalue weighted by molar-refractivity contribution is 6.07. The molecule has 0 radical (unpaired) electrons. The van der Waals surface area contributed by atoms with Crippen molar-refractivity contribution in [3.8, 4) is 0 Å². The Labute approximate surface area is 138 Å². The molecule has 1 aliphatic heterocycles. The zero-order valence-corrected chi connectivity index (χ0v) is 13.3. The fourth-order valence-electron chi connectivity index (χ4n) is 3.33. The van der Waals surface area contributed by atoms with Crippen molar-refractivity contribution in [2.24, 2.45) is 0 Å². The van der Waals surface area contributed by atoms with E-state index in [9.17, 15) is 19.2 Å². The standard InChI is InChI=1S/C16H20N4O4/c21-12-11(5-3-8-17-12)13(22)18-9-4-10-20-14(23)16(19-15(20)24)6-1-2-7-16/h3,5,8H,1-2,4,6-7,9-10H2,(H,17,21)(H,18,22)(H,19,24). The molecular weight excluding hydrogens is 312 g/mol. The van der Waals surface area contributed by atoms with Crippen molar-refractivity contribution in [3.05, 3.63) is 34.2 Å². The normalized spacial score (nSPS) is 18.9. The van der Waals surface area contributed by atoms with Gasteiger partial charge in [-0.3, -0.25) is 19.3 Å². The van der Waals surface area contributed by atoms with E-state index < -0.39 is 17.0 Å². The summed E-state index contributed by atoms with van der Waals surface area (Å²) in [5, 5.41) is 5.44. The van der Waals surface area contributed by atoms with E-state index in [4.69, 9.17) is 0 Å². The lowest BCUT2D eigenvalue weighted by atomic mass is 9.98. The molecule has 1 spiro atoms. The Hall–Kier alpha value is -2.64. The van der Waals surface area contributed by atoms with Crippen LogP contribution in [0, 0.1) is 0 Å². The molecule has 8 nitrogen and oxygen atoms in total. The number of carbonyl (C=O) groups is 3. The van der Waals surface area contributed by atoms with Crippen LogP contribution in [0.15, 0.2) is 23.1 Å². The van der Waals surface area contributed by atoms with Crippen LogP contribution in [0.2, 0.25) is 0 Å². The fraction of sp³-hybridized carbons (Fsp3) is 0.500. The molecule has 128 valence electrons. The van der Waals surface area contributed by atoms with Gasteiger partial charge in [0, 0.05) is 19.3 Å². The number of nitrogens with zero attached hydrogens (tertiary/aromatic N) is 1. The van der Waals surface area contributed by atoms with Crippen LogP contribution in [0.4, 0.5) is 4.79 Å². The average Bonchev–Trinajstić information content (AvgIpc) is 3.12. The molecule has 1 saturated carbocycles. The van der Waals surface area contributed by atoms with Crippen molar-refractivity contribution in [2.75, 3.05) is 13.1 Å². The number of nitrogens with one attached hydrogen (secondary N) is 3. The van der Waals surface area contributed by atoms with E-state index in [0.29, 0.717) is 19.3 Å². The molecule has 0 bridgehead atoms. The van der Waals surface area contributed by atoms with Crippen LogP contribution in [0.1, 0.15) is 42.5 Å². The number of imide groups is 1. The Morgan fingerprint density at radius 2 is 2.00 bits per heavy atom. The van der Waals surface area contributed by atoms with Gasteiger partial charge in [-0.25, -0.2) is 4.79 Å². The van der Waals surface area contributed by atoms with Crippen LogP contribution in [0.3, 0.4) is 0 Å². The van der Waals surface area contributed by atoms with Crippen LogP contribution >= 0.6 is 0 Å². The van der Waals surface area contributed by atoms with Gasteiger partial charge in [-0.05, 0) is 31.4 Å². The van der Waals surface area contributed by atoms with Crippen LogP contribution in [0.25, 0.3) is 0 Å². The zero-order chi connectivity index (χ0) is 17.2. The van der Waals surface area contributed by atoms with Crippen molar-refractivity contribution < 1.29 is 14.4 Å². The first-order chi connectivity index (χ1) is 11.5. The van der Waals surface area contributed by atoms with E-state index in [-0.39, 0.29) is 30.6 Å². The number of rotatable bonds is 5. The third kappa shape index (κ3) is 2.91. The lowest BCUT2D eigenvalue weighted by Crippen LogP contribution is -2.44. The monoisotopic (exact) mass is 332 g/mol. The number of hydrogen-bond donors (Lipinski definition) is 3. The molecule has 0 aromatic carbocycles. The number of pyridine rings is 1. The van der Waals surface area contributed by atoms with Crippen molar-refractivity contribution in [1.82, 2.24) is 20.5 Å². The molecule has 8 heteroatoms. The number of H-pyrrole nitrogens is 1. The van der Waals surface area contributed by atoms with Crippen LogP contribution in [0.5, 0.6) is 0 Å². The number of urea groups is 1. The molecule has 1 aromatic heterocycles. The van der Waals surface area contributed by atoms with Gasteiger partial charge in [-0.15, -0.1) is 0 Å². The van der Waals surface area contributed by atoms with Crippen molar-refractivity contribution in [3.63, 3.8) is 0 Å². The molecule has 0 atom stereocenters. The molecule has 24 heavy (non-hydrogen) atoms. The van der Waals surface area contributed by atoms with Crippen molar-refractivity contribution in [1.29, 1.82) is 0 Å². The summed E-state index contributed by atoms with van der Waals surface area (Å²) in [6.07, 6.45) is 5.17. The number of aromatic nitrogens is 1. The number of hydrogen-bond acceptors (Lipinski definition) is 4. The molecule has 3 N–H and O–H groups in total. The predicted octanol–water partition coefficient (Wildman–Crippen LogP) is 0.359. The lowest BCUT2D eigenvalue weighted by Gasteiger charge is -2.20. The first-order valence-corrected chi connectivity index (χ1v) is 8.13. The van der Waals surface area contributed by atoms with Gasteiger partial charge in [0.05, 0.1) is 0 Å². The third-order valence-corrected chi connectivity index (χ3v) is 4.61. The molecular formula is C16H20N4O4. The summed E-state index contributed by atoms with van der Waals surface area (Å²) in [5.74, 6) is -0.628. The van der Waals surface area contributed by atoms with Gasteiger partial charge in [-0.1, -0.05) is 12.8 Å². The third-order valence-electron chi connectivity index (χ3n) is 4.61. The number of aromatic amines is 1. The molecule has 2 aliphatic rings. The fourth-order valence-corrected chi connectivity index (χ4v) is 3.33. The van der Waals surface area contributed by atoms with Gasteiger partial charge < -0.3 is 15.6 Å². The van der Waals surface area contributed by atoms with Crippen LogP contribution < -0.4 is 16.2 Å². The van der Waals surface area contributed by atoms with Crippen LogP contribution in [-0.4, -0.2) is 46.4 Å². The highest BCUT2D eigenvalue weighted by atomic mass is 16.2. The smallest absolute Gasteiger partial charge is 0.325 e. The van der Waals surface area contributed by atoms with Gasteiger partial charge >= 0.3 is 6.03 Å². The summed E-state index contributed by atoms with van der Waals surface area (Å²) in [5.41, 5.74) is -1.11. The molecule has 4 amide bonds. The maximum Gasteiger partial charge on any atom is 0.325 e. The Kier molecular flexibility index (Phi) is 4.37. The maximum absolute atomic E-state index is 12.4. The molecule has 2 heterocycles. The largest absolute Gasteiger partial charge is 0.352 e. The molecule has 1 aromatic rings. The van der Waals surface area contributed by atoms with Gasteiger partial charge in [0.1, 0.15) is 11.1 Å². The first kappa shape index (κ1) is 16.2. The Morgan fingerprint density at radius 1 is 1.25 bits per heavy atom. The van der Waals surface area contributed by atoms with Gasteiger partial charge in [0.25, 0.3) is 17.4 Å². The Morgan fingerprint density at radius 3 is 2.71 bits per heavy atom. The second kappa shape index (κ2) is 6.46. The quantitative estimate of drug-likeness (QED) is 0.534. The van der Waals surface area contributed by atoms with Crippen molar-refractivity contribution >= 4 is 17.8 Å². The minimum atomic E-state index is -0.697. The van der Waals surface area contributed by atoms with Crippen molar-refractivity contribution in [2.45, 2.75) is 37.6 Å². The average molecular weight is 332 g/mol. The Bertz CT molecular complexity index is 721. The predicted molar refractivity (Wildman–Crippen MR) is 85.5 cm³/mol. The minimum absolute atomic E-state index is 0.0393. The summed E-state index contributed by atoms with van der Waals surface area (Å²) in [7, 11) is 0. The summed E-state index contributed by atoms with van der Waals surface area (Å²) in [6.45, 7) is 0.523. The zero-order valence-electron chi connectivity index (χ0n) is 13.3. The summed E-state index contributed by atoms with van der Waals surface area (Å²) >= 11 is 0. The van der Waals surface area contributed by atoms with Gasteiger partial charge in [0.15, 0.2) is 0 Å². The van der Waals surface area contributed by atoms with E-state index in [0.717, 1.165) is 12.8 Å². The van der Waals surface area contributed by atoms with E-state index in [2.05, 4.69) is 15.6 Å². The molecule has 2 fully saturated rings. The summed E-state index contributed by atoms with van der Waals surface area (Å²) < 4.78 is 0. The lowest BCUT2D eigenvalue weighted by molar-refractivity contribution is -0.131. The number of carbonyl (C=O) groups excluding carboxylic acids is 3. The second-order valence-corrected chi connectivity index (χ2v) is 6.20. The van der Waals surface area contributed by atoms with Gasteiger partial charge in [0.2, 0.25) is 0 Å². The topological polar surface area (TPSA) is 111 Å².